The number of carbonyl (C=O) groups excluding carboxylic acids is 1. The van der Waals surface area contributed by atoms with Gasteiger partial charge in [0.05, 0.1) is 13.2 Å². The molecule has 1 aliphatic heterocycles. The highest BCUT2D eigenvalue weighted by Gasteiger charge is 2.25. The average molecular weight is 280 g/mol. The molecule has 4 heteroatoms. The zero-order valence-corrected chi connectivity index (χ0v) is 11.6. The van der Waals surface area contributed by atoms with E-state index in [9.17, 15) is 4.79 Å². The summed E-state index contributed by atoms with van der Waals surface area (Å²) >= 11 is 6.22. The molecule has 0 spiro atoms. The summed E-state index contributed by atoms with van der Waals surface area (Å²) in [5, 5.41) is 3.21. The first-order chi connectivity index (χ1) is 9.24. The van der Waals surface area contributed by atoms with Crippen molar-refractivity contribution in [3.05, 3.63) is 34.9 Å². The fourth-order valence-corrected chi connectivity index (χ4v) is 3.23. The number of fused-ring (bicyclic) bond motifs is 1. The number of amides is 1. The predicted molar refractivity (Wildman–Crippen MR) is 74.3 cm³/mol. The quantitative estimate of drug-likeness (QED) is 0.864. The van der Waals surface area contributed by atoms with Gasteiger partial charge in [0.25, 0.3) is 5.91 Å². The van der Waals surface area contributed by atoms with Gasteiger partial charge >= 0.3 is 0 Å². The molecule has 1 aromatic rings. The molecular weight excluding hydrogens is 262 g/mol. The first-order valence-corrected chi connectivity index (χ1v) is 7.29. The lowest BCUT2D eigenvalue weighted by molar-refractivity contribution is 0.0947. The fraction of sp³-hybridized carbons (Fsp3) is 0.533. The maximum Gasteiger partial charge on any atom is 0.251 e. The molecule has 102 valence electrons. The van der Waals surface area contributed by atoms with E-state index in [1.54, 1.807) is 0 Å². The molecule has 1 N–H and O–H groups in total. The van der Waals surface area contributed by atoms with Crippen LogP contribution in [0.3, 0.4) is 0 Å². The zero-order valence-electron chi connectivity index (χ0n) is 10.8. The third-order valence-corrected chi connectivity index (χ3v) is 4.65. The van der Waals surface area contributed by atoms with Gasteiger partial charge in [0.1, 0.15) is 0 Å². The molecular formula is C15H18ClNO2. The standard InChI is InChI=1S/C15H18ClNO2/c16-14-3-1-2-11(14)7-17-15(18)10-4-5-12-8-19-9-13(12)6-10/h4-6,11,14H,1-3,7-9H2,(H,17,18). The van der Waals surface area contributed by atoms with Gasteiger partial charge in [-0.3, -0.25) is 4.79 Å². The maximum absolute atomic E-state index is 12.1. The summed E-state index contributed by atoms with van der Waals surface area (Å²) in [4.78, 5) is 12.1. The fourth-order valence-electron chi connectivity index (χ4n) is 2.86. The van der Waals surface area contributed by atoms with E-state index in [2.05, 4.69) is 5.32 Å². The van der Waals surface area contributed by atoms with E-state index in [-0.39, 0.29) is 11.3 Å². The van der Waals surface area contributed by atoms with Gasteiger partial charge < -0.3 is 10.1 Å². The number of nitrogens with one attached hydrogen (secondary N) is 1. The smallest absolute Gasteiger partial charge is 0.251 e. The molecule has 0 aromatic heterocycles. The van der Waals surface area contributed by atoms with Crippen molar-refractivity contribution in [1.82, 2.24) is 5.32 Å². The molecule has 19 heavy (non-hydrogen) atoms. The minimum Gasteiger partial charge on any atom is -0.372 e. The number of benzene rings is 1. The highest BCUT2D eigenvalue weighted by molar-refractivity contribution is 6.21. The molecule has 1 saturated carbocycles. The van der Waals surface area contributed by atoms with Crippen LogP contribution in [-0.4, -0.2) is 17.8 Å². The first kappa shape index (κ1) is 12.9. The van der Waals surface area contributed by atoms with Crippen LogP contribution in [0.25, 0.3) is 0 Å². The Morgan fingerprint density at radius 3 is 2.95 bits per heavy atom. The summed E-state index contributed by atoms with van der Waals surface area (Å²) in [6.07, 6.45) is 3.36. The van der Waals surface area contributed by atoms with E-state index in [0.29, 0.717) is 31.2 Å². The summed E-state index contributed by atoms with van der Waals surface area (Å²) in [6, 6.07) is 5.79. The molecule has 2 aliphatic rings. The van der Waals surface area contributed by atoms with Crippen LogP contribution >= 0.6 is 11.6 Å². The molecule has 0 saturated heterocycles. The molecule has 1 fully saturated rings. The normalized spacial score (nSPS) is 25.3. The Kier molecular flexibility index (Phi) is 3.76. The molecule has 3 rings (SSSR count). The molecule has 0 bridgehead atoms. The summed E-state index contributed by atoms with van der Waals surface area (Å²) in [5.74, 6) is 0.411. The first-order valence-electron chi connectivity index (χ1n) is 6.86. The van der Waals surface area contributed by atoms with E-state index in [0.717, 1.165) is 18.4 Å². The van der Waals surface area contributed by atoms with Crippen molar-refractivity contribution in [2.45, 2.75) is 37.9 Å². The van der Waals surface area contributed by atoms with Crippen molar-refractivity contribution < 1.29 is 9.53 Å². The highest BCUT2D eigenvalue weighted by Crippen LogP contribution is 2.29. The van der Waals surface area contributed by atoms with Gasteiger partial charge in [-0.25, -0.2) is 0 Å². The molecule has 1 aliphatic carbocycles. The van der Waals surface area contributed by atoms with E-state index < -0.39 is 0 Å². The summed E-state index contributed by atoms with van der Waals surface area (Å²) in [7, 11) is 0. The van der Waals surface area contributed by atoms with E-state index in [1.807, 2.05) is 18.2 Å². The number of ether oxygens (including phenoxy) is 1. The van der Waals surface area contributed by atoms with Crippen molar-refractivity contribution in [2.24, 2.45) is 5.92 Å². The van der Waals surface area contributed by atoms with Gasteiger partial charge in [-0.2, -0.15) is 0 Å². The van der Waals surface area contributed by atoms with Crippen LogP contribution in [0.15, 0.2) is 18.2 Å². The lowest BCUT2D eigenvalue weighted by atomic mass is 10.1. The Morgan fingerprint density at radius 1 is 1.32 bits per heavy atom. The average Bonchev–Trinajstić information content (AvgIpc) is 3.03. The molecule has 1 amide bonds. The van der Waals surface area contributed by atoms with Crippen LogP contribution in [0.4, 0.5) is 0 Å². The van der Waals surface area contributed by atoms with Crippen LogP contribution in [0.2, 0.25) is 0 Å². The number of rotatable bonds is 3. The van der Waals surface area contributed by atoms with Gasteiger partial charge in [0, 0.05) is 17.5 Å². The molecule has 1 heterocycles. The second kappa shape index (κ2) is 5.51. The van der Waals surface area contributed by atoms with Crippen molar-refractivity contribution in [3.63, 3.8) is 0 Å². The Hall–Kier alpha value is -1.06. The number of alkyl halides is 1. The minimum absolute atomic E-state index is 0.00883. The zero-order chi connectivity index (χ0) is 13.2. The van der Waals surface area contributed by atoms with Crippen LogP contribution in [-0.2, 0) is 18.0 Å². The number of halogens is 1. The summed E-state index contributed by atoms with van der Waals surface area (Å²) < 4.78 is 5.36. The largest absolute Gasteiger partial charge is 0.372 e. The Labute approximate surface area is 118 Å². The Morgan fingerprint density at radius 2 is 2.16 bits per heavy atom. The highest BCUT2D eigenvalue weighted by atomic mass is 35.5. The Bertz CT molecular complexity index is 489. The predicted octanol–water partition coefficient (Wildman–Crippen LogP) is 2.85. The molecule has 2 atom stereocenters. The summed E-state index contributed by atoms with van der Waals surface area (Å²) in [6.45, 7) is 1.96. The van der Waals surface area contributed by atoms with Crippen LogP contribution in [0, 0.1) is 5.92 Å². The van der Waals surface area contributed by atoms with Crippen molar-refractivity contribution in [2.75, 3.05) is 6.54 Å². The van der Waals surface area contributed by atoms with Crippen LogP contribution < -0.4 is 5.32 Å². The van der Waals surface area contributed by atoms with E-state index in [1.165, 1.54) is 12.0 Å². The second-order valence-corrected chi connectivity index (χ2v) is 5.95. The second-order valence-electron chi connectivity index (χ2n) is 5.39. The number of carbonyl (C=O) groups is 1. The van der Waals surface area contributed by atoms with E-state index in [4.69, 9.17) is 16.3 Å². The molecule has 2 unspecified atom stereocenters. The third kappa shape index (κ3) is 2.77. The Balaban J connectivity index is 1.61. The van der Waals surface area contributed by atoms with Crippen molar-refractivity contribution in [1.29, 1.82) is 0 Å². The third-order valence-electron chi connectivity index (χ3n) is 4.07. The van der Waals surface area contributed by atoms with Crippen molar-refractivity contribution >= 4 is 17.5 Å². The molecule has 1 aromatic carbocycles. The lowest BCUT2D eigenvalue weighted by Gasteiger charge is -2.14. The molecule has 3 nitrogen and oxygen atoms in total. The minimum atomic E-state index is -0.00883. The monoisotopic (exact) mass is 279 g/mol. The van der Waals surface area contributed by atoms with Gasteiger partial charge in [-0.15, -0.1) is 11.6 Å². The van der Waals surface area contributed by atoms with Gasteiger partial charge in [-0.1, -0.05) is 12.5 Å². The van der Waals surface area contributed by atoms with Crippen LogP contribution in [0.1, 0.15) is 40.7 Å². The number of hydrogen-bond acceptors (Lipinski definition) is 2. The van der Waals surface area contributed by atoms with Crippen LogP contribution in [0.5, 0.6) is 0 Å². The van der Waals surface area contributed by atoms with Crippen molar-refractivity contribution in [3.8, 4) is 0 Å². The maximum atomic E-state index is 12.1. The van der Waals surface area contributed by atoms with Gasteiger partial charge in [-0.05, 0) is 42.0 Å². The van der Waals surface area contributed by atoms with Gasteiger partial charge in [0.15, 0.2) is 0 Å². The molecule has 0 radical (unpaired) electrons. The lowest BCUT2D eigenvalue weighted by Crippen LogP contribution is -2.31. The topological polar surface area (TPSA) is 38.3 Å². The summed E-state index contributed by atoms with van der Waals surface area (Å²) in [5.41, 5.74) is 3.03. The van der Waals surface area contributed by atoms with Gasteiger partial charge in [0.2, 0.25) is 0 Å². The van der Waals surface area contributed by atoms with E-state index >= 15 is 0 Å². The SMILES string of the molecule is O=C(NCC1CCCC1Cl)c1ccc2c(c1)COC2. The number of hydrogen-bond donors (Lipinski definition) is 1.